The highest BCUT2D eigenvalue weighted by Gasteiger charge is 2.28. The van der Waals surface area contributed by atoms with Crippen molar-refractivity contribution in [3.8, 4) is 0 Å². The summed E-state index contributed by atoms with van der Waals surface area (Å²) in [7, 11) is 0. The Morgan fingerprint density at radius 3 is 2.29 bits per heavy atom. The maximum atomic E-state index is 11.9. The van der Waals surface area contributed by atoms with E-state index in [9.17, 15) is 14.4 Å². The van der Waals surface area contributed by atoms with Crippen LogP contribution in [0.2, 0.25) is 0 Å². The molecule has 128 valence electrons. The Labute approximate surface area is 140 Å². The molecule has 1 atom stereocenters. The Bertz CT molecular complexity index is 633. The van der Waals surface area contributed by atoms with E-state index in [-0.39, 0.29) is 23.7 Å². The number of aliphatic carboxylic acids is 1. The molecular formula is C18H22N2O4. The Morgan fingerprint density at radius 1 is 1.04 bits per heavy atom. The highest BCUT2D eigenvalue weighted by Crippen LogP contribution is 2.29. The number of carboxylic acids is 1. The fraction of sp³-hybridized carbons (Fsp3) is 0.500. The number of carbonyl (C=O) groups excluding carboxylic acids is 2. The van der Waals surface area contributed by atoms with Crippen molar-refractivity contribution in [2.24, 2.45) is 5.92 Å². The van der Waals surface area contributed by atoms with E-state index in [0.29, 0.717) is 31.7 Å². The van der Waals surface area contributed by atoms with Crippen molar-refractivity contribution in [2.75, 3.05) is 5.32 Å². The van der Waals surface area contributed by atoms with Crippen molar-refractivity contribution in [2.45, 2.75) is 50.5 Å². The Morgan fingerprint density at radius 2 is 1.71 bits per heavy atom. The highest BCUT2D eigenvalue weighted by molar-refractivity contribution is 6.00. The molecule has 2 aliphatic rings. The van der Waals surface area contributed by atoms with Crippen molar-refractivity contribution in [3.63, 3.8) is 0 Å². The van der Waals surface area contributed by atoms with Gasteiger partial charge in [-0.25, -0.2) is 0 Å². The smallest absolute Gasteiger partial charge is 0.306 e. The maximum Gasteiger partial charge on any atom is 0.306 e. The summed E-state index contributed by atoms with van der Waals surface area (Å²) in [6.45, 7) is 0. The van der Waals surface area contributed by atoms with Gasteiger partial charge >= 0.3 is 5.97 Å². The number of hydrogen-bond donors (Lipinski definition) is 3. The van der Waals surface area contributed by atoms with Gasteiger partial charge in [0.05, 0.1) is 11.8 Å². The van der Waals surface area contributed by atoms with Crippen molar-refractivity contribution >= 4 is 23.5 Å². The van der Waals surface area contributed by atoms with Crippen LogP contribution in [0.3, 0.4) is 0 Å². The third-order valence-corrected chi connectivity index (χ3v) is 5.00. The molecule has 1 aromatic carbocycles. The molecular weight excluding hydrogens is 308 g/mol. The largest absolute Gasteiger partial charge is 0.481 e. The zero-order chi connectivity index (χ0) is 17.1. The molecule has 1 aliphatic carbocycles. The molecule has 1 aliphatic heterocycles. The number of benzene rings is 1. The SMILES string of the molecule is O=C1CCC(c2ccc(N[C@H]3CC[C@H](C(=O)O)CC3)cc2)C(=O)N1. The number of hydrogen-bond acceptors (Lipinski definition) is 4. The van der Waals surface area contributed by atoms with Crippen molar-refractivity contribution < 1.29 is 19.5 Å². The third kappa shape index (κ3) is 3.75. The first kappa shape index (κ1) is 16.5. The number of anilines is 1. The summed E-state index contributed by atoms with van der Waals surface area (Å²) in [5, 5.41) is 14.9. The average molecular weight is 330 g/mol. The number of piperidine rings is 1. The predicted molar refractivity (Wildman–Crippen MR) is 88.6 cm³/mol. The second kappa shape index (κ2) is 7.03. The fourth-order valence-electron chi connectivity index (χ4n) is 3.54. The molecule has 0 radical (unpaired) electrons. The molecule has 1 saturated heterocycles. The second-order valence-electron chi connectivity index (χ2n) is 6.66. The molecule has 1 heterocycles. The minimum absolute atomic E-state index is 0.202. The van der Waals surface area contributed by atoms with Gasteiger partial charge in [0, 0.05) is 18.2 Å². The number of amides is 2. The first-order valence-corrected chi connectivity index (χ1v) is 8.46. The van der Waals surface area contributed by atoms with E-state index in [1.54, 1.807) is 0 Å². The van der Waals surface area contributed by atoms with E-state index in [0.717, 1.165) is 24.1 Å². The minimum atomic E-state index is -0.693. The van der Waals surface area contributed by atoms with E-state index in [1.165, 1.54) is 0 Å². The lowest BCUT2D eigenvalue weighted by Crippen LogP contribution is -2.39. The summed E-state index contributed by atoms with van der Waals surface area (Å²) in [6, 6.07) is 8.03. The predicted octanol–water partition coefficient (Wildman–Crippen LogP) is 2.26. The molecule has 3 rings (SSSR count). The van der Waals surface area contributed by atoms with Crippen LogP contribution in [0.5, 0.6) is 0 Å². The molecule has 6 heteroatoms. The summed E-state index contributed by atoms with van der Waals surface area (Å²) in [4.78, 5) is 34.1. The lowest BCUT2D eigenvalue weighted by molar-refractivity contribution is -0.143. The van der Waals surface area contributed by atoms with Crippen LogP contribution in [0.25, 0.3) is 0 Å². The van der Waals surface area contributed by atoms with Gasteiger partial charge in [0.15, 0.2) is 0 Å². The molecule has 2 fully saturated rings. The van der Waals surface area contributed by atoms with Crippen LogP contribution in [0.4, 0.5) is 5.69 Å². The third-order valence-electron chi connectivity index (χ3n) is 5.00. The Hall–Kier alpha value is -2.37. The molecule has 0 bridgehead atoms. The monoisotopic (exact) mass is 330 g/mol. The summed E-state index contributed by atoms with van der Waals surface area (Å²) in [5.41, 5.74) is 1.89. The number of rotatable bonds is 4. The van der Waals surface area contributed by atoms with Gasteiger partial charge in [0.25, 0.3) is 0 Å². The van der Waals surface area contributed by atoms with E-state index in [2.05, 4.69) is 10.6 Å². The van der Waals surface area contributed by atoms with Gasteiger partial charge in [0.1, 0.15) is 0 Å². The molecule has 0 aromatic heterocycles. The van der Waals surface area contributed by atoms with E-state index >= 15 is 0 Å². The zero-order valence-electron chi connectivity index (χ0n) is 13.5. The first-order chi connectivity index (χ1) is 11.5. The Balaban J connectivity index is 1.56. The minimum Gasteiger partial charge on any atom is -0.481 e. The van der Waals surface area contributed by atoms with E-state index in [4.69, 9.17) is 5.11 Å². The molecule has 0 spiro atoms. The lowest BCUT2D eigenvalue weighted by Gasteiger charge is -2.28. The summed E-state index contributed by atoms with van der Waals surface area (Å²) < 4.78 is 0. The number of carboxylic acid groups (broad SMARTS) is 1. The van der Waals surface area contributed by atoms with Gasteiger partial charge in [-0.1, -0.05) is 12.1 Å². The van der Waals surface area contributed by atoms with Crippen LogP contribution >= 0.6 is 0 Å². The fourth-order valence-corrected chi connectivity index (χ4v) is 3.54. The van der Waals surface area contributed by atoms with Crippen LogP contribution in [0.1, 0.15) is 50.0 Å². The van der Waals surface area contributed by atoms with Gasteiger partial charge in [-0.15, -0.1) is 0 Å². The first-order valence-electron chi connectivity index (χ1n) is 8.46. The van der Waals surface area contributed by atoms with Gasteiger partial charge in [-0.05, 0) is 49.8 Å². The van der Waals surface area contributed by atoms with Gasteiger partial charge < -0.3 is 10.4 Å². The molecule has 1 saturated carbocycles. The zero-order valence-corrected chi connectivity index (χ0v) is 13.5. The molecule has 6 nitrogen and oxygen atoms in total. The average Bonchev–Trinajstić information content (AvgIpc) is 2.56. The number of imide groups is 1. The molecule has 1 unspecified atom stereocenters. The summed E-state index contributed by atoms with van der Waals surface area (Å²) >= 11 is 0. The lowest BCUT2D eigenvalue weighted by atomic mass is 9.86. The van der Waals surface area contributed by atoms with Crippen molar-refractivity contribution in [1.29, 1.82) is 0 Å². The number of nitrogens with one attached hydrogen (secondary N) is 2. The molecule has 24 heavy (non-hydrogen) atoms. The second-order valence-corrected chi connectivity index (χ2v) is 6.66. The van der Waals surface area contributed by atoms with Gasteiger partial charge in [0.2, 0.25) is 11.8 Å². The van der Waals surface area contributed by atoms with Crippen LogP contribution < -0.4 is 10.6 Å². The topological polar surface area (TPSA) is 95.5 Å². The normalized spacial score (nSPS) is 27.4. The van der Waals surface area contributed by atoms with Crippen LogP contribution in [0.15, 0.2) is 24.3 Å². The molecule has 3 N–H and O–H groups in total. The van der Waals surface area contributed by atoms with Gasteiger partial charge in [-0.3, -0.25) is 19.7 Å². The summed E-state index contributed by atoms with van der Waals surface area (Å²) in [5.74, 6) is -1.59. The number of carbonyl (C=O) groups is 3. The van der Waals surface area contributed by atoms with Crippen LogP contribution in [0, 0.1) is 5.92 Å². The molecule has 1 aromatic rings. The quantitative estimate of drug-likeness (QED) is 0.736. The Kier molecular flexibility index (Phi) is 4.83. The summed E-state index contributed by atoms with van der Waals surface area (Å²) in [6.07, 6.45) is 4.06. The van der Waals surface area contributed by atoms with Gasteiger partial charge in [-0.2, -0.15) is 0 Å². The van der Waals surface area contributed by atoms with Crippen molar-refractivity contribution in [3.05, 3.63) is 29.8 Å². The van der Waals surface area contributed by atoms with E-state index in [1.807, 2.05) is 24.3 Å². The van der Waals surface area contributed by atoms with Crippen molar-refractivity contribution in [1.82, 2.24) is 5.32 Å². The van der Waals surface area contributed by atoms with Crippen LogP contribution in [-0.2, 0) is 14.4 Å². The maximum absolute atomic E-state index is 11.9. The van der Waals surface area contributed by atoms with Crippen LogP contribution in [-0.4, -0.2) is 28.9 Å². The van der Waals surface area contributed by atoms with E-state index < -0.39 is 5.97 Å². The standard InChI is InChI=1S/C18H22N2O4/c21-16-10-9-15(17(22)20-16)11-1-5-13(6-2-11)19-14-7-3-12(4-8-14)18(23)24/h1-2,5-6,12,14-15,19H,3-4,7-10H2,(H,23,24)(H,20,21,22)/t12-,14-,15?. The highest BCUT2D eigenvalue weighted by atomic mass is 16.4. The molecule has 2 amide bonds.